The third-order valence-corrected chi connectivity index (χ3v) is 7.30. The lowest BCUT2D eigenvalue weighted by atomic mass is 9.70. The first-order valence-electron chi connectivity index (χ1n) is 10.9. The molecule has 3 amide bonds. The summed E-state index contributed by atoms with van der Waals surface area (Å²) < 4.78 is 0. The van der Waals surface area contributed by atoms with E-state index in [1.165, 1.54) is 0 Å². The zero-order valence-electron chi connectivity index (χ0n) is 17.5. The Morgan fingerprint density at radius 3 is 2.28 bits per heavy atom. The lowest BCUT2D eigenvalue weighted by Gasteiger charge is -2.42. The van der Waals surface area contributed by atoms with Gasteiger partial charge in [-0.3, -0.25) is 14.4 Å². The van der Waals surface area contributed by atoms with Gasteiger partial charge in [-0.05, 0) is 31.2 Å². The quantitative estimate of drug-likeness (QED) is 0.782. The Labute approximate surface area is 172 Å². The lowest BCUT2D eigenvalue weighted by Crippen LogP contribution is -2.57. The van der Waals surface area contributed by atoms with Gasteiger partial charge < -0.3 is 14.7 Å². The van der Waals surface area contributed by atoms with Gasteiger partial charge in [0.25, 0.3) is 0 Å². The Morgan fingerprint density at radius 2 is 1.66 bits per heavy atom. The largest absolute Gasteiger partial charge is 0.339 e. The summed E-state index contributed by atoms with van der Waals surface area (Å²) in [6, 6.07) is 10.0. The van der Waals surface area contributed by atoms with Gasteiger partial charge in [0.1, 0.15) is 0 Å². The second-order valence-corrected chi connectivity index (χ2v) is 8.72. The molecule has 156 valence electrons. The van der Waals surface area contributed by atoms with E-state index in [4.69, 9.17) is 0 Å². The fourth-order valence-electron chi connectivity index (χ4n) is 5.72. The van der Waals surface area contributed by atoms with E-state index in [9.17, 15) is 14.4 Å². The minimum absolute atomic E-state index is 0.00653. The first-order valence-corrected chi connectivity index (χ1v) is 10.9. The predicted molar refractivity (Wildman–Crippen MR) is 110 cm³/mol. The molecule has 0 spiro atoms. The number of piperazine rings is 1. The molecule has 0 radical (unpaired) electrons. The number of carbonyl (C=O) groups excluding carboxylic acids is 3. The zero-order valence-corrected chi connectivity index (χ0v) is 17.5. The van der Waals surface area contributed by atoms with Crippen LogP contribution in [0.25, 0.3) is 0 Å². The highest BCUT2D eigenvalue weighted by Crippen LogP contribution is 2.53. The Bertz CT molecular complexity index is 788. The average molecular weight is 398 g/mol. The first kappa shape index (κ1) is 19.9. The molecule has 2 bridgehead atoms. The van der Waals surface area contributed by atoms with Crippen molar-refractivity contribution in [1.29, 1.82) is 0 Å². The number of carbonyl (C=O) groups is 3. The molecule has 3 saturated heterocycles. The summed E-state index contributed by atoms with van der Waals surface area (Å²) in [6.07, 6.45) is 3.85. The standard InChI is InChI=1S/C23H31N3O3/c1-3-23(22(29)25-13-11-24(12-14-25)17(2)27)16-19-9-10-20(23)26(19)21(28)15-18-7-5-4-6-8-18/h4-8,19-20H,3,9-16H2,1-2H3/t19-,20+,23+/m0/s1. The second-order valence-electron chi connectivity index (χ2n) is 8.72. The molecule has 0 aromatic heterocycles. The smallest absolute Gasteiger partial charge is 0.231 e. The van der Waals surface area contributed by atoms with Crippen LogP contribution in [0.2, 0.25) is 0 Å². The SMILES string of the molecule is CC[C@@]1(C(=O)N2CCN(C(C)=O)CC2)C[C@@H]2CC[C@H]1N2C(=O)Cc1ccccc1. The Kier molecular flexibility index (Phi) is 5.36. The summed E-state index contributed by atoms with van der Waals surface area (Å²) in [6.45, 7) is 6.06. The summed E-state index contributed by atoms with van der Waals surface area (Å²) in [7, 11) is 0. The summed E-state index contributed by atoms with van der Waals surface area (Å²) in [5.41, 5.74) is 0.561. The first-order chi connectivity index (χ1) is 14.0. The van der Waals surface area contributed by atoms with Gasteiger partial charge in [0.05, 0.1) is 11.8 Å². The van der Waals surface area contributed by atoms with Gasteiger partial charge in [0.2, 0.25) is 17.7 Å². The van der Waals surface area contributed by atoms with E-state index in [-0.39, 0.29) is 29.8 Å². The van der Waals surface area contributed by atoms with Gasteiger partial charge in [-0.15, -0.1) is 0 Å². The van der Waals surface area contributed by atoms with E-state index >= 15 is 0 Å². The van der Waals surface area contributed by atoms with Crippen LogP contribution in [0.15, 0.2) is 30.3 Å². The van der Waals surface area contributed by atoms with E-state index in [2.05, 4.69) is 6.92 Å². The van der Waals surface area contributed by atoms with Crippen LogP contribution in [-0.4, -0.2) is 70.7 Å². The van der Waals surface area contributed by atoms with Crippen LogP contribution in [0, 0.1) is 5.41 Å². The molecule has 1 aromatic rings. The number of rotatable bonds is 4. The molecule has 6 heteroatoms. The topological polar surface area (TPSA) is 60.9 Å². The number of fused-ring (bicyclic) bond motifs is 2. The van der Waals surface area contributed by atoms with Crippen molar-refractivity contribution in [3.05, 3.63) is 35.9 Å². The molecule has 0 unspecified atom stereocenters. The van der Waals surface area contributed by atoms with Gasteiger partial charge >= 0.3 is 0 Å². The average Bonchev–Trinajstić information content (AvgIpc) is 3.30. The summed E-state index contributed by atoms with van der Waals surface area (Å²) in [5.74, 6) is 0.404. The Hall–Kier alpha value is -2.37. The minimum Gasteiger partial charge on any atom is -0.339 e. The Balaban J connectivity index is 1.49. The van der Waals surface area contributed by atoms with Crippen molar-refractivity contribution in [3.63, 3.8) is 0 Å². The van der Waals surface area contributed by atoms with Crippen LogP contribution < -0.4 is 0 Å². The van der Waals surface area contributed by atoms with Crippen molar-refractivity contribution in [1.82, 2.24) is 14.7 Å². The lowest BCUT2D eigenvalue weighted by molar-refractivity contribution is -0.149. The van der Waals surface area contributed by atoms with E-state index in [1.807, 2.05) is 40.1 Å². The summed E-state index contributed by atoms with van der Waals surface area (Å²) >= 11 is 0. The third-order valence-electron chi connectivity index (χ3n) is 7.30. The van der Waals surface area contributed by atoms with Crippen molar-refractivity contribution in [2.24, 2.45) is 5.41 Å². The maximum absolute atomic E-state index is 13.6. The Morgan fingerprint density at radius 1 is 1.00 bits per heavy atom. The summed E-state index contributed by atoms with van der Waals surface area (Å²) in [4.78, 5) is 44.2. The van der Waals surface area contributed by atoms with Crippen LogP contribution in [-0.2, 0) is 20.8 Å². The van der Waals surface area contributed by atoms with E-state index in [0.29, 0.717) is 32.6 Å². The third kappa shape index (κ3) is 3.43. The van der Waals surface area contributed by atoms with Gasteiger partial charge in [-0.2, -0.15) is 0 Å². The van der Waals surface area contributed by atoms with E-state index in [0.717, 1.165) is 31.2 Å². The molecular formula is C23H31N3O3. The number of hydrogen-bond acceptors (Lipinski definition) is 3. The second kappa shape index (κ2) is 7.81. The zero-order chi connectivity index (χ0) is 20.6. The van der Waals surface area contributed by atoms with Crippen molar-refractivity contribution >= 4 is 17.7 Å². The predicted octanol–water partition coefficient (Wildman–Crippen LogP) is 2.08. The van der Waals surface area contributed by atoms with E-state index < -0.39 is 5.41 Å². The highest BCUT2D eigenvalue weighted by atomic mass is 16.2. The number of benzene rings is 1. The van der Waals surface area contributed by atoms with Crippen molar-refractivity contribution < 1.29 is 14.4 Å². The number of hydrogen-bond donors (Lipinski definition) is 0. The molecule has 3 heterocycles. The molecule has 1 aromatic carbocycles. The monoisotopic (exact) mass is 397 g/mol. The molecular weight excluding hydrogens is 366 g/mol. The van der Waals surface area contributed by atoms with Gasteiger partial charge in [0, 0.05) is 45.2 Å². The molecule has 0 aliphatic carbocycles. The van der Waals surface area contributed by atoms with Crippen molar-refractivity contribution in [2.75, 3.05) is 26.2 Å². The van der Waals surface area contributed by atoms with Gasteiger partial charge in [-0.25, -0.2) is 0 Å². The molecule has 3 fully saturated rings. The van der Waals surface area contributed by atoms with Crippen LogP contribution in [0.5, 0.6) is 0 Å². The molecule has 0 saturated carbocycles. The molecule has 0 N–H and O–H groups in total. The number of nitrogens with zero attached hydrogens (tertiary/aromatic N) is 3. The highest BCUT2D eigenvalue weighted by molar-refractivity contribution is 5.88. The maximum atomic E-state index is 13.6. The van der Waals surface area contributed by atoms with Crippen molar-refractivity contribution in [3.8, 4) is 0 Å². The minimum atomic E-state index is -0.465. The van der Waals surface area contributed by atoms with Crippen LogP contribution in [0.4, 0.5) is 0 Å². The fraction of sp³-hybridized carbons (Fsp3) is 0.609. The van der Waals surface area contributed by atoms with Crippen LogP contribution in [0.3, 0.4) is 0 Å². The van der Waals surface area contributed by atoms with Crippen LogP contribution >= 0.6 is 0 Å². The van der Waals surface area contributed by atoms with Crippen molar-refractivity contribution in [2.45, 2.75) is 58.0 Å². The van der Waals surface area contributed by atoms with Crippen LogP contribution in [0.1, 0.15) is 45.1 Å². The molecule has 3 aliphatic heterocycles. The molecule has 4 rings (SSSR count). The summed E-state index contributed by atoms with van der Waals surface area (Å²) in [5, 5.41) is 0. The normalized spacial score (nSPS) is 28.7. The van der Waals surface area contributed by atoms with Gasteiger partial charge in [0.15, 0.2) is 0 Å². The maximum Gasteiger partial charge on any atom is 0.231 e. The van der Waals surface area contributed by atoms with E-state index in [1.54, 1.807) is 11.8 Å². The molecule has 3 aliphatic rings. The fourth-order valence-corrected chi connectivity index (χ4v) is 5.72. The van der Waals surface area contributed by atoms with Gasteiger partial charge in [-0.1, -0.05) is 37.3 Å². The molecule has 29 heavy (non-hydrogen) atoms. The molecule has 3 atom stereocenters. The number of amides is 3. The highest BCUT2D eigenvalue weighted by Gasteiger charge is 2.60. The molecule has 6 nitrogen and oxygen atoms in total.